The number of aromatic amines is 1. The molecule has 3 aromatic heterocycles. The zero-order valence-corrected chi connectivity index (χ0v) is 17.0. The Morgan fingerprint density at radius 1 is 1.03 bits per heavy atom. The van der Waals surface area contributed by atoms with E-state index in [2.05, 4.69) is 37.9 Å². The van der Waals surface area contributed by atoms with E-state index in [1.54, 1.807) is 19.3 Å². The molecular weight excluding hydrogens is 384 g/mol. The third-order valence-corrected chi connectivity index (χ3v) is 6.13. The molecule has 1 N–H and O–H groups in total. The smallest absolute Gasteiger partial charge is 0.137 e. The second-order valence-electron chi connectivity index (χ2n) is 8.13. The number of hydrogen-bond acceptors (Lipinski definition) is 3. The van der Waals surface area contributed by atoms with Crippen LogP contribution in [0.4, 0.5) is 8.78 Å². The molecule has 0 spiro atoms. The van der Waals surface area contributed by atoms with E-state index in [-0.39, 0.29) is 0 Å². The predicted octanol–water partition coefficient (Wildman–Crippen LogP) is 4.95. The Hall–Kier alpha value is -3.06. The first kappa shape index (κ1) is 18.9. The molecular formula is C23H23F2N5. The quantitative estimate of drug-likeness (QED) is 0.523. The van der Waals surface area contributed by atoms with Crippen LogP contribution in [-0.2, 0) is 0 Å². The van der Waals surface area contributed by atoms with Gasteiger partial charge in [0.1, 0.15) is 17.3 Å². The molecule has 1 aliphatic heterocycles. The van der Waals surface area contributed by atoms with Crippen molar-refractivity contribution in [1.29, 1.82) is 0 Å². The van der Waals surface area contributed by atoms with Gasteiger partial charge in [0.2, 0.25) is 0 Å². The molecule has 1 aliphatic rings. The molecule has 0 aliphatic carbocycles. The zero-order valence-electron chi connectivity index (χ0n) is 17.0. The summed E-state index contributed by atoms with van der Waals surface area (Å²) in [7, 11) is 2.15. The topological polar surface area (TPSA) is 49.7 Å². The van der Waals surface area contributed by atoms with E-state index in [4.69, 9.17) is 0 Å². The highest BCUT2D eigenvalue weighted by atomic mass is 19.1. The number of piperidine rings is 1. The average molecular weight is 407 g/mol. The van der Waals surface area contributed by atoms with Crippen molar-refractivity contribution < 1.29 is 8.78 Å². The van der Waals surface area contributed by atoms with Gasteiger partial charge < -0.3 is 9.88 Å². The van der Waals surface area contributed by atoms with E-state index in [0.29, 0.717) is 22.8 Å². The van der Waals surface area contributed by atoms with Gasteiger partial charge >= 0.3 is 0 Å². The number of pyridine rings is 1. The Kier molecular flexibility index (Phi) is 4.62. The summed E-state index contributed by atoms with van der Waals surface area (Å²) >= 11 is 0. The lowest BCUT2D eigenvalue weighted by molar-refractivity contribution is 0.212. The second-order valence-corrected chi connectivity index (χ2v) is 8.13. The fraction of sp³-hybridized carbons (Fsp3) is 0.304. The molecule has 0 bridgehead atoms. The van der Waals surface area contributed by atoms with Gasteiger partial charge in [-0.2, -0.15) is 5.10 Å². The summed E-state index contributed by atoms with van der Waals surface area (Å²) < 4.78 is 30.0. The SMILES string of the molecule is Cc1c(F)cc(F)cc1-c1c[nH]c2ncc(-c3cnn(C4CCN(C)CC4)c3)cc12. The summed E-state index contributed by atoms with van der Waals surface area (Å²) in [5.74, 6) is -1.14. The number of likely N-dealkylation sites (tertiary alicyclic amines) is 1. The van der Waals surface area contributed by atoms with Crippen LogP contribution < -0.4 is 0 Å². The molecule has 5 nitrogen and oxygen atoms in total. The van der Waals surface area contributed by atoms with Crippen molar-refractivity contribution in [1.82, 2.24) is 24.6 Å². The molecule has 0 amide bonds. The molecule has 0 atom stereocenters. The number of aromatic nitrogens is 4. The summed E-state index contributed by atoms with van der Waals surface area (Å²) in [4.78, 5) is 9.97. The number of H-pyrrole nitrogens is 1. The number of fused-ring (bicyclic) bond motifs is 1. The van der Waals surface area contributed by atoms with Gasteiger partial charge in [-0.15, -0.1) is 0 Å². The summed E-state index contributed by atoms with van der Waals surface area (Å²) in [5, 5.41) is 5.42. The first-order chi connectivity index (χ1) is 14.5. The van der Waals surface area contributed by atoms with Crippen molar-refractivity contribution in [3.05, 3.63) is 60.2 Å². The Bertz CT molecular complexity index is 1220. The predicted molar refractivity (Wildman–Crippen MR) is 113 cm³/mol. The normalized spacial score (nSPS) is 15.9. The van der Waals surface area contributed by atoms with Crippen molar-refractivity contribution in [2.45, 2.75) is 25.8 Å². The Morgan fingerprint density at radius 3 is 2.63 bits per heavy atom. The zero-order chi connectivity index (χ0) is 20.8. The molecule has 5 rings (SSSR count). The summed E-state index contributed by atoms with van der Waals surface area (Å²) in [6.45, 7) is 3.80. The highest BCUT2D eigenvalue weighted by Gasteiger charge is 2.20. The third-order valence-electron chi connectivity index (χ3n) is 6.13. The number of benzene rings is 1. The van der Waals surface area contributed by atoms with Gasteiger partial charge in [-0.3, -0.25) is 4.68 Å². The van der Waals surface area contributed by atoms with Gasteiger partial charge in [0.15, 0.2) is 0 Å². The van der Waals surface area contributed by atoms with Crippen LogP contribution in [0.2, 0.25) is 0 Å². The van der Waals surface area contributed by atoms with Crippen molar-refractivity contribution in [2.24, 2.45) is 0 Å². The minimum atomic E-state index is -0.592. The summed E-state index contributed by atoms with van der Waals surface area (Å²) in [6.07, 6.45) is 9.66. The van der Waals surface area contributed by atoms with Crippen molar-refractivity contribution in [3.63, 3.8) is 0 Å². The molecule has 0 saturated carbocycles. The van der Waals surface area contributed by atoms with Crippen molar-refractivity contribution in [2.75, 3.05) is 20.1 Å². The molecule has 1 aromatic carbocycles. The van der Waals surface area contributed by atoms with E-state index in [1.165, 1.54) is 6.07 Å². The minimum absolute atomic E-state index is 0.410. The number of hydrogen-bond donors (Lipinski definition) is 1. The summed E-state index contributed by atoms with van der Waals surface area (Å²) in [5.41, 5.74) is 4.27. The van der Waals surface area contributed by atoms with E-state index < -0.39 is 11.6 Å². The molecule has 0 radical (unpaired) electrons. The van der Waals surface area contributed by atoms with Crippen LogP contribution in [0.3, 0.4) is 0 Å². The van der Waals surface area contributed by atoms with Gasteiger partial charge in [0.05, 0.1) is 12.2 Å². The van der Waals surface area contributed by atoms with Crippen molar-refractivity contribution >= 4 is 11.0 Å². The van der Waals surface area contributed by atoms with Gasteiger partial charge in [0.25, 0.3) is 0 Å². The largest absolute Gasteiger partial charge is 0.346 e. The van der Waals surface area contributed by atoms with E-state index in [9.17, 15) is 8.78 Å². The Labute approximate surface area is 173 Å². The number of nitrogens with zero attached hydrogens (tertiary/aromatic N) is 4. The Balaban J connectivity index is 1.53. The molecule has 1 saturated heterocycles. The standard InChI is InChI=1S/C23H23F2N5/c1-14-19(8-17(24)9-22(14)25)21-12-27-23-20(21)7-15(10-26-23)16-11-28-30(13-16)18-3-5-29(2)6-4-18/h7-13,18H,3-6H2,1-2H3,(H,26,27). The van der Waals surface area contributed by atoms with Gasteiger partial charge in [-0.1, -0.05) is 0 Å². The Morgan fingerprint density at radius 2 is 1.83 bits per heavy atom. The van der Waals surface area contributed by atoms with Crippen LogP contribution in [0.15, 0.2) is 43.0 Å². The lowest BCUT2D eigenvalue weighted by atomic mass is 9.99. The fourth-order valence-corrected chi connectivity index (χ4v) is 4.26. The highest BCUT2D eigenvalue weighted by molar-refractivity contribution is 5.96. The first-order valence-corrected chi connectivity index (χ1v) is 10.2. The van der Waals surface area contributed by atoms with Gasteiger partial charge in [0, 0.05) is 46.7 Å². The van der Waals surface area contributed by atoms with Crippen LogP contribution in [0, 0.1) is 18.6 Å². The third kappa shape index (κ3) is 3.29. The minimum Gasteiger partial charge on any atom is -0.346 e. The molecule has 7 heteroatoms. The lowest BCUT2D eigenvalue weighted by Crippen LogP contribution is -2.31. The molecule has 4 aromatic rings. The van der Waals surface area contributed by atoms with E-state index in [1.807, 2.05) is 12.3 Å². The fourth-order valence-electron chi connectivity index (χ4n) is 4.26. The maximum Gasteiger partial charge on any atom is 0.137 e. The van der Waals surface area contributed by atoms with E-state index >= 15 is 0 Å². The van der Waals surface area contributed by atoms with Crippen molar-refractivity contribution in [3.8, 4) is 22.3 Å². The average Bonchev–Trinajstić information content (AvgIpc) is 3.38. The maximum atomic E-state index is 14.1. The monoisotopic (exact) mass is 407 g/mol. The number of nitrogens with one attached hydrogen (secondary N) is 1. The van der Waals surface area contributed by atoms with Crippen LogP contribution in [0.1, 0.15) is 24.4 Å². The lowest BCUT2D eigenvalue weighted by Gasteiger charge is -2.28. The molecule has 0 unspecified atom stereocenters. The van der Waals surface area contributed by atoms with Gasteiger partial charge in [-0.25, -0.2) is 13.8 Å². The number of rotatable bonds is 3. The van der Waals surface area contributed by atoms with E-state index in [0.717, 1.165) is 54.1 Å². The first-order valence-electron chi connectivity index (χ1n) is 10.2. The molecule has 30 heavy (non-hydrogen) atoms. The van der Waals surface area contributed by atoms with Crippen LogP contribution in [0.5, 0.6) is 0 Å². The molecule has 4 heterocycles. The number of halogens is 2. The molecule has 1 fully saturated rings. The van der Waals surface area contributed by atoms with Crippen LogP contribution >= 0.6 is 0 Å². The second kappa shape index (κ2) is 7.32. The molecule has 154 valence electrons. The van der Waals surface area contributed by atoms with Crippen LogP contribution in [-0.4, -0.2) is 44.8 Å². The van der Waals surface area contributed by atoms with Crippen LogP contribution in [0.25, 0.3) is 33.3 Å². The highest BCUT2D eigenvalue weighted by Crippen LogP contribution is 2.34. The van der Waals surface area contributed by atoms with Gasteiger partial charge in [-0.05, 0) is 63.2 Å². The maximum absolute atomic E-state index is 14.1. The summed E-state index contributed by atoms with van der Waals surface area (Å²) in [6, 6.07) is 4.69.